The normalized spacial score (nSPS) is 10.7. The van der Waals surface area contributed by atoms with E-state index in [1.165, 1.54) is 10.6 Å². The summed E-state index contributed by atoms with van der Waals surface area (Å²) in [5.41, 5.74) is 3.28. The van der Waals surface area contributed by atoms with Crippen molar-refractivity contribution in [3.63, 3.8) is 0 Å². The molecule has 1 heterocycles. The molecule has 1 amide bonds. The molecule has 0 saturated heterocycles. The minimum absolute atomic E-state index is 0.0406. The number of nitrogens with one attached hydrogen (secondary N) is 1. The molecule has 6 heteroatoms. The van der Waals surface area contributed by atoms with Crippen molar-refractivity contribution < 1.29 is 4.79 Å². The molecule has 0 aliphatic carbocycles. The highest BCUT2D eigenvalue weighted by molar-refractivity contribution is 6.35. The number of halogens is 2. The van der Waals surface area contributed by atoms with E-state index < -0.39 is 5.91 Å². The van der Waals surface area contributed by atoms with Gasteiger partial charge in [0.1, 0.15) is 5.56 Å². The maximum atomic E-state index is 12.8. The van der Waals surface area contributed by atoms with Gasteiger partial charge in [0.15, 0.2) is 0 Å². The summed E-state index contributed by atoms with van der Waals surface area (Å²) in [4.78, 5) is 25.4. The fourth-order valence-corrected chi connectivity index (χ4v) is 3.11. The van der Waals surface area contributed by atoms with Crippen LogP contribution in [0.4, 0.5) is 5.69 Å². The zero-order valence-corrected chi connectivity index (χ0v) is 16.4. The molecule has 3 aromatic rings. The number of aromatic nitrogens is 1. The topological polar surface area (TPSA) is 51.1 Å². The highest BCUT2D eigenvalue weighted by atomic mass is 35.5. The molecule has 0 spiro atoms. The van der Waals surface area contributed by atoms with E-state index >= 15 is 0 Å². The minimum Gasteiger partial charge on any atom is -0.320 e. The van der Waals surface area contributed by atoms with Crippen LogP contribution in [0.25, 0.3) is 0 Å². The molecule has 0 radical (unpaired) electrons. The van der Waals surface area contributed by atoms with Crippen LogP contribution in [0, 0.1) is 13.8 Å². The molecule has 1 N–H and O–H groups in total. The maximum absolute atomic E-state index is 12.8. The molecular weight excluding hydrogens is 383 g/mol. The van der Waals surface area contributed by atoms with Crippen LogP contribution >= 0.6 is 23.2 Å². The van der Waals surface area contributed by atoms with E-state index in [1.54, 1.807) is 30.5 Å². The van der Waals surface area contributed by atoms with Gasteiger partial charge in [-0.15, -0.1) is 0 Å². The van der Waals surface area contributed by atoms with Crippen molar-refractivity contribution in [2.75, 3.05) is 5.32 Å². The number of aryl methyl sites for hydroxylation is 2. The van der Waals surface area contributed by atoms with Gasteiger partial charge in [0, 0.05) is 11.2 Å². The second-order valence-corrected chi connectivity index (χ2v) is 7.21. The number of rotatable bonds is 4. The molecule has 27 heavy (non-hydrogen) atoms. The average molecular weight is 401 g/mol. The van der Waals surface area contributed by atoms with Crippen LogP contribution in [-0.4, -0.2) is 10.5 Å². The van der Waals surface area contributed by atoms with E-state index in [0.29, 0.717) is 22.3 Å². The van der Waals surface area contributed by atoms with Gasteiger partial charge in [-0.1, -0.05) is 47.0 Å². The Morgan fingerprint density at radius 2 is 1.85 bits per heavy atom. The lowest BCUT2D eigenvalue weighted by molar-refractivity contribution is 0.102. The average Bonchev–Trinajstić information content (AvgIpc) is 2.63. The lowest BCUT2D eigenvalue weighted by atomic mass is 10.1. The summed E-state index contributed by atoms with van der Waals surface area (Å²) in [5, 5.41) is 3.44. The highest BCUT2D eigenvalue weighted by Crippen LogP contribution is 2.25. The van der Waals surface area contributed by atoms with Crippen LogP contribution in [-0.2, 0) is 6.54 Å². The second-order valence-electron chi connectivity index (χ2n) is 6.36. The van der Waals surface area contributed by atoms with Gasteiger partial charge in [0.25, 0.3) is 11.5 Å². The Bertz CT molecular complexity index is 1070. The molecule has 2 aromatic carbocycles. The van der Waals surface area contributed by atoms with Crippen molar-refractivity contribution in [1.29, 1.82) is 0 Å². The Labute approximate surface area is 167 Å². The quantitative estimate of drug-likeness (QED) is 0.664. The Kier molecular flexibility index (Phi) is 5.68. The summed E-state index contributed by atoms with van der Waals surface area (Å²) in [6.45, 7) is 4.40. The van der Waals surface area contributed by atoms with Gasteiger partial charge in [0.2, 0.25) is 0 Å². The number of carbonyl (C=O) groups excluding carboxylic acids is 1. The van der Waals surface area contributed by atoms with Gasteiger partial charge in [-0.25, -0.2) is 0 Å². The van der Waals surface area contributed by atoms with Gasteiger partial charge in [-0.05, 0) is 55.3 Å². The summed E-state index contributed by atoms with van der Waals surface area (Å²) in [6.07, 6.45) is 1.67. The number of hydrogen-bond acceptors (Lipinski definition) is 2. The standard InChI is InChI=1S/C21H18Cl2N2O2/c1-13-5-6-14(2)15(10-13)12-25-9-3-4-17(21(25)27)20(26)24-19-11-16(22)7-8-18(19)23/h3-11H,12H2,1-2H3,(H,24,26). The zero-order chi connectivity index (χ0) is 19.6. The largest absolute Gasteiger partial charge is 0.320 e. The Hall–Kier alpha value is -2.56. The SMILES string of the molecule is Cc1ccc(C)c(Cn2cccc(C(=O)Nc3cc(Cl)ccc3Cl)c2=O)c1. The lowest BCUT2D eigenvalue weighted by Gasteiger charge is -2.12. The maximum Gasteiger partial charge on any atom is 0.263 e. The third-order valence-electron chi connectivity index (χ3n) is 4.29. The van der Waals surface area contributed by atoms with E-state index in [9.17, 15) is 9.59 Å². The molecule has 0 aliphatic heterocycles. The van der Waals surface area contributed by atoms with Crippen LogP contribution in [0.3, 0.4) is 0 Å². The van der Waals surface area contributed by atoms with Gasteiger partial charge in [-0.2, -0.15) is 0 Å². The number of nitrogens with zero attached hydrogens (tertiary/aromatic N) is 1. The van der Waals surface area contributed by atoms with Crippen molar-refractivity contribution in [3.05, 3.63) is 97.4 Å². The van der Waals surface area contributed by atoms with E-state index in [1.807, 2.05) is 32.0 Å². The fourth-order valence-electron chi connectivity index (χ4n) is 2.77. The zero-order valence-electron chi connectivity index (χ0n) is 14.9. The predicted molar refractivity (Wildman–Crippen MR) is 110 cm³/mol. The molecule has 0 saturated carbocycles. The molecule has 0 unspecified atom stereocenters. The molecule has 0 fully saturated rings. The summed E-state index contributed by atoms with van der Waals surface area (Å²) in [5.74, 6) is -0.528. The third kappa shape index (κ3) is 4.41. The number of benzene rings is 2. The molecule has 138 valence electrons. The molecular formula is C21H18Cl2N2O2. The Morgan fingerprint density at radius 1 is 1.07 bits per heavy atom. The minimum atomic E-state index is -0.528. The van der Waals surface area contributed by atoms with Gasteiger partial charge >= 0.3 is 0 Å². The van der Waals surface area contributed by atoms with Crippen LogP contribution in [0.5, 0.6) is 0 Å². The molecule has 0 aliphatic rings. The number of anilines is 1. The monoisotopic (exact) mass is 400 g/mol. The first-order valence-corrected chi connectivity index (χ1v) is 9.13. The summed E-state index contributed by atoms with van der Waals surface area (Å²) in [6, 6.07) is 14.0. The molecule has 4 nitrogen and oxygen atoms in total. The first-order chi connectivity index (χ1) is 12.8. The molecule has 1 aromatic heterocycles. The van der Waals surface area contributed by atoms with E-state index in [2.05, 4.69) is 5.32 Å². The van der Waals surface area contributed by atoms with E-state index in [0.717, 1.165) is 16.7 Å². The van der Waals surface area contributed by atoms with Gasteiger partial charge in [-0.3, -0.25) is 9.59 Å². The molecule has 0 bridgehead atoms. The first kappa shape index (κ1) is 19.2. The van der Waals surface area contributed by atoms with Crippen molar-refractivity contribution in [2.45, 2.75) is 20.4 Å². The first-order valence-electron chi connectivity index (χ1n) is 8.37. The smallest absolute Gasteiger partial charge is 0.263 e. The number of carbonyl (C=O) groups is 1. The van der Waals surface area contributed by atoms with Crippen molar-refractivity contribution >= 4 is 34.8 Å². The summed E-state index contributed by atoms with van der Waals surface area (Å²) < 4.78 is 1.52. The van der Waals surface area contributed by atoms with Crippen LogP contribution in [0.2, 0.25) is 10.0 Å². The lowest BCUT2D eigenvalue weighted by Crippen LogP contribution is -2.29. The van der Waals surface area contributed by atoms with E-state index in [-0.39, 0.29) is 11.1 Å². The Morgan fingerprint density at radius 3 is 2.63 bits per heavy atom. The van der Waals surface area contributed by atoms with Gasteiger partial charge in [0.05, 0.1) is 17.3 Å². The Balaban J connectivity index is 1.90. The van der Waals surface area contributed by atoms with Crippen molar-refractivity contribution in [3.8, 4) is 0 Å². The number of hydrogen-bond donors (Lipinski definition) is 1. The highest BCUT2D eigenvalue weighted by Gasteiger charge is 2.14. The number of pyridine rings is 1. The van der Waals surface area contributed by atoms with Crippen LogP contribution < -0.4 is 10.9 Å². The summed E-state index contributed by atoms with van der Waals surface area (Å²) in [7, 11) is 0. The molecule has 3 rings (SSSR count). The number of amides is 1. The van der Waals surface area contributed by atoms with Crippen molar-refractivity contribution in [1.82, 2.24) is 4.57 Å². The van der Waals surface area contributed by atoms with E-state index in [4.69, 9.17) is 23.2 Å². The summed E-state index contributed by atoms with van der Waals surface area (Å²) >= 11 is 12.0. The third-order valence-corrected chi connectivity index (χ3v) is 4.85. The fraction of sp³-hybridized carbons (Fsp3) is 0.143. The van der Waals surface area contributed by atoms with Gasteiger partial charge < -0.3 is 9.88 Å². The van der Waals surface area contributed by atoms with Crippen molar-refractivity contribution in [2.24, 2.45) is 0 Å². The van der Waals surface area contributed by atoms with Crippen LogP contribution in [0.1, 0.15) is 27.0 Å². The predicted octanol–water partition coefficient (Wildman–Crippen LogP) is 5.07. The second kappa shape index (κ2) is 7.99. The van der Waals surface area contributed by atoms with Crippen LogP contribution in [0.15, 0.2) is 59.5 Å². The molecule has 0 atom stereocenters.